The first-order valence-corrected chi connectivity index (χ1v) is 5.64. The Morgan fingerprint density at radius 3 is 2.80 bits per heavy atom. The summed E-state index contributed by atoms with van der Waals surface area (Å²) in [5.41, 5.74) is -0.522. The molecule has 0 aliphatic heterocycles. The molecule has 0 amide bonds. The maximum atomic E-state index is 13.2. The minimum Gasteiger partial charge on any atom is -0.477 e. The van der Waals surface area contributed by atoms with Crippen LogP contribution in [0.1, 0.15) is 21.5 Å². The molecule has 1 aromatic heterocycles. The van der Waals surface area contributed by atoms with Crippen LogP contribution in [0.2, 0.25) is 0 Å². The molecule has 2 aromatic rings. The van der Waals surface area contributed by atoms with Gasteiger partial charge in [-0.05, 0) is 35.9 Å². The van der Waals surface area contributed by atoms with Crippen molar-refractivity contribution in [1.82, 2.24) is 4.57 Å². The Morgan fingerprint density at radius 2 is 2.15 bits per heavy atom. The second-order valence-corrected chi connectivity index (χ2v) is 4.07. The Hall–Kier alpha value is -2.94. The Morgan fingerprint density at radius 1 is 1.40 bits per heavy atom. The van der Waals surface area contributed by atoms with E-state index in [1.54, 1.807) is 0 Å². The molecule has 0 bridgehead atoms. The summed E-state index contributed by atoms with van der Waals surface area (Å²) < 4.78 is 14.3. The van der Waals surface area contributed by atoms with Crippen LogP contribution in [0.3, 0.4) is 0 Å². The number of rotatable bonds is 3. The number of benzene rings is 1. The van der Waals surface area contributed by atoms with Crippen LogP contribution in [0.4, 0.5) is 4.39 Å². The number of hydrogen-bond donors (Lipinski definition) is 1. The highest BCUT2D eigenvalue weighted by molar-refractivity contribution is 5.86. The highest BCUT2D eigenvalue weighted by Crippen LogP contribution is 2.11. The van der Waals surface area contributed by atoms with Crippen molar-refractivity contribution in [2.45, 2.75) is 6.54 Å². The molecule has 0 saturated heterocycles. The summed E-state index contributed by atoms with van der Waals surface area (Å²) in [4.78, 5) is 22.8. The van der Waals surface area contributed by atoms with E-state index in [4.69, 9.17) is 10.4 Å². The molecule has 0 radical (unpaired) electrons. The van der Waals surface area contributed by atoms with Crippen molar-refractivity contribution in [1.29, 1.82) is 5.26 Å². The van der Waals surface area contributed by atoms with Crippen LogP contribution in [0.5, 0.6) is 0 Å². The lowest BCUT2D eigenvalue weighted by Crippen LogP contribution is -2.26. The summed E-state index contributed by atoms with van der Waals surface area (Å²) >= 11 is 0. The van der Waals surface area contributed by atoms with Crippen LogP contribution in [0, 0.1) is 17.1 Å². The average Bonchev–Trinajstić information content (AvgIpc) is 2.41. The molecular formula is C14H9FN2O3. The number of nitriles is 1. The molecule has 1 heterocycles. The number of aromatic carboxylic acids is 1. The first-order chi connectivity index (χ1) is 9.52. The predicted octanol–water partition coefficient (Wildman–Crippen LogP) is 1.61. The molecule has 2 rings (SSSR count). The molecular weight excluding hydrogens is 263 g/mol. The Bertz CT molecular complexity index is 775. The molecule has 1 aromatic carbocycles. The normalized spacial score (nSPS) is 10.0. The number of carboxylic acid groups (broad SMARTS) is 1. The van der Waals surface area contributed by atoms with Gasteiger partial charge in [0, 0.05) is 6.20 Å². The number of carbonyl (C=O) groups is 1. The van der Waals surface area contributed by atoms with Crippen molar-refractivity contribution in [2.24, 2.45) is 0 Å². The molecule has 20 heavy (non-hydrogen) atoms. The molecule has 0 atom stereocenters. The molecule has 100 valence electrons. The van der Waals surface area contributed by atoms with Gasteiger partial charge in [-0.2, -0.15) is 5.26 Å². The molecule has 0 spiro atoms. The van der Waals surface area contributed by atoms with Crippen molar-refractivity contribution in [3.8, 4) is 6.07 Å². The zero-order valence-electron chi connectivity index (χ0n) is 10.2. The van der Waals surface area contributed by atoms with Gasteiger partial charge in [-0.1, -0.05) is 0 Å². The van der Waals surface area contributed by atoms with E-state index in [1.165, 1.54) is 24.4 Å². The van der Waals surface area contributed by atoms with Crippen LogP contribution in [-0.2, 0) is 6.54 Å². The first kappa shape index (κ1) is 13.5. The van der Waals surface area contributed by atoms with Gasteiger partial charge in [0.05, 0.1) is 18.2 Å². The van der Waals surface area contributed by atoms with Crippen molar-refractivity contribution >= 4 is 5.97 Å². The van der Waals surface area contributed by atoms with Gasteiger partial charge in [-0.25, -0.2) is 9.18 Å². The molecule has 1 N–H and O–H groups in total. The van der Waals surface area contributed by atoms with Crippen molar-refractivity contribution in [3.63, 3.8) is 0 Å². The van der Waals surface area contributed by atoms with Gasteiger partial charge in [-0.3, -0.25) is 4.79 Å². The fraction of sp³-hybridized carbons (Fsp3) is 0.0714. The molecule has 0 fully saturated rings. The van der Waals surface area contributed by atoms with Gasteiger partial charge in [0.2, 0.25) is 0 Å². The molecule has 6 heteroatoms. The van der Waals surface area contributed by atoms with E-state index < -0.39 is 17.3 Å². The lowest BCUT2D eigenvalue weighted by Gasteiger charge is -2.08. The highest BCUT2D eigenvalue weighted by atomic mass is 19.1. The standard InChI is InChI=1S/C14H9FN2O3/c15-11-4-3-9(7-16)10(6-11)8-17-5-1-2-12(13(17)18)14(19)20/h1-6H,8H2,(H,19,20). The smallest absolute Gasteiger partial charge is 0.341 e. The third-order valence-corrected chi connectivity index (χ3v) is 2.78. The lowest BCUT2D eigenvalue weighted by atomic mass is 10.1. The topological polar surface area (TPSA) is 83.1 Å². The van der Waals surface area contributed by atoms with Crippen LogP contribution < -0.4 is 5.56 Å². The van der Waals surface area contributed by atoms with Gasteiger partial charge in [0.15, 0.2) is 0 Å². The fourth-order valence-electron chi connectivity index (χ4n) is 1.81. The number of nitrogens with zero attached hydrogens (tertiary/aromatic N) is 2. The van der Waals surface area contributed by atoms with Crippen LogP contribution in [-0.4, -0.2) is 15.6 Å². The summed E-state index contributed by atoms with van der Waals surface area (Å²) in [5.74, 6) is -1.86. The van der Waals surface area contributed by atoms with Crippen LogP contribution in [0.25, 0.3) is 0 Å². The zero-order chi connectivity index (χ0) is 14.7. The third-order valence-electron chi connectivity index (χ3n) is 2.78. The largest absolute Gasteiger partial charge is 0.477 e. The second kappa shape index (κ2) is 5.36. The Kier molecular flexibility index (Phi) is 3.62. The maximum absolute atomic E-state index is 13.2. The molecule has 0 aliphatic rings. The summed E-state index contributed by atoms with van der Waals surface area (Å²) in [6, 6.07) is 8.13. The minimum absolute atomic E-state index is 0.0688. The first-order valence-electron chi connectivity index (χ1n) is 5.64. The maximum Gasteiger partial charge on any atom is 0.341 e. The number of hydrogen-bond acceptors (Lipinski definition) is 3. The number of halogens is 1. The second-order valence-electron chi connectivity index (χ2n) is 4.07. The van der Waals surface area contributed by atoms with E-state index in [1.807, 2.05) is 6.07 Å². The van der Waals surface area contributed by atoms with Crippen molar-refractivity contribution in [2.75, 3.05) is 0 Å². The van der Waals surface area contributed by atoms with Gasteiger partial charge < -0.3 is 9.67 Å². The number of carboxylic acids is 1. The van der Waals surface area contributed by atoms with Crippen molar-refractivity contribution < 1.29 is 14.3 Å². The van der Waals surface area contributed by atoms with E-state index in [0.29, 0.717) is 5.56 Å². The van der Waals surface area contributed by atoms with E-state index in [-0.39, 0.29) is 17.7 Å². The van der Waals surface area contributed by atoms with Gasteiger partial charge in [-0.15, -0.1) is 0 Å². The third kappa shape index (κ3) is 2.57. The number of pyridine rings is 1. The van der Waals surface area contributed by atoms with Gasteiger partial charge in [0.1, 0.15) is 11.4 Å². The SMILES string of the molecule is N#Cc1ccc(F)cc1Cn1cccc(C(=O)O)c1=O. The lowest BCUT2D eigenvalue weighted by molar-refractivity contribution is 0.0694. The summed E-state index contributed by atoms with van der Waals surface area (Å²) in [5, 5.41) is 17.8. The summed E-state index contributed by atoms with van der Waals surface area (Å²) in [6.07, 6.45) is 1.39. The molecule has 0 unspecified atom stereocenters. The van der Waals surface area contributed by atoms with Gasteiger partial charge in [0.25, 0.3) is 5.56 Å². The zero-order valence-corrected chi connectivity index (χ0v) is 10.2. The highest BCUT2D eigenvalue weighted by Gasteiger charge is 2.11. The van der Waals surface area contributed by atoms with E-state index in [9.17, 15) is 14.0 Å². The van der Waals surface area contributed by atoms with E-state index in [2.05, 4.69) is 0 Å². The molecule has 0 saturated carbocycles. The molecule has 5 nitrogen and oxygen atoms in total. The average molecular weight is 272 g/mol. The Balaban J connectivity index is 2.49. The van der Waals surface area contributed by atoms with E-state index in [0.717, 1.165) is 16.7 Å². The number of aromatic nitrogens is 1. The van der Waals surface area contributed by atoms with Gasteiger partial charge >= 0.3 is 5.97 Å². The quantitative estimate of drug-likeness (QED) is 0.920. The Labute approximate surface area is 113 Å². The fourth-order valence-corrected chi connectivity index (χ4v) is 1.81. The van der Waals surface area contributed by atoms with E-state index >= 15 is 0 Å². The predicted molar refractivity (Wildman–Crippen MR) is 67.9 cm³/mol. The minimum atomic E-state index is -1.33. The van der Waals surface area contributed by atoms with Crippen LogP contribution in [0.15, 0.2) is 41.3 Å². The monoisotopic (exact) mass is 272 g/mol. The van der Waals surface area contributed by atoms with Crippen molar-refractivity contribution in [3.05, 3.63) is 69.4 Å². The van der Waals surface area contributed by atoms with Crippen LogP contribution >= 0.6 is 0 Å². The molecule has 0 aliphatic carbocycles. The summed E-state index contributed by atoms with van der Waals surface area (Å²) in [7, 11) is 0. The summed E-state index contributed by atoms with van der Waals surface area (Å²) in [6.45, 7) is -0.0688.